The molecule has 1 unspecified atom stereocenters. The predicted molar refractivity (Wildman–Crippen MR) is 68.1 cm³/mol. The molecule has 1 aromatic rings. The maximum absolute atomic E-state index is 11.9. The third-order valence-electron chi connectivity index (χ3n) is 3.43. The topological polar surface area (TPSA) is 38.8 Å². The van der Waals surface area contributed by atoms with E-state index in [2.05, 4.69) is 17.0 Å². The van der Waals surface area contributed by atoms with Gasteiger partial charge in [-0.15, -0.1) is 0 Å². The zero-order valence-electron chi connectivity index (χ0n) is 10.9. The minimum absolute atomic E-state index is 0.238. The van der Waals surface area contributed by atoms with Gasteiger partial charge in [0.25, 0.3) is 0 Å². The van der Waals surface area contributed by atoms with Crippen molar-refractivity contribution in [2.45, 2.75) is 19.0 Å². The first-order valence-corrected chi connectivity index (χ1v) is 6.12. The smallest absolute Gasteiger partial charge is 0.328 e. The number of nitrogens with zero attached hydrogens (tertiary/aromatic N) is 1. The van der Waals surface area contributed by atoms with E-state index in [1.54, 1.807) is 0 Å². The summed E-state index contributed by atoms with van der Waals surface area (Å²) in [6.07, 6.45) is 0. The van der Waals surface area contributed by atoms with Crippen LogP contribution in [0.2, 0.25) is 0 Å². The molecular formula is C14H19NO3. The van der Waals surface area contributed by atoms with Crippen LogP contribution in [0.25, 0.3) is 0 Å². The summed E-state index contributed by atoms with van der Waals surface area (Å²) in [6.45, 7) is 4.38. The fourth-order valence-corrected chi connectivity index (χ4v) is 2.25. The van der Waals surface area contributed by atoms with Gasteiger partial charge in [-0.25, -0.2) is 4.79 Å². The van der Waals surface area contributed by atoms with Gasteiger partial charge in [-0.05, 0) is 12.5 Å². The van der Waals surface area contributed by atoms with E-state index in [1.807, 2.05) is 25.1 Å². The molecule has 1 aromatic carbocycles. The van der Waals surface area contributed by atoms with Gasteiger partial charge in [0.15, 0.2) is 0 Å². The van der Waals surface area contributed by atoms with E-state index in [-0.39, 0.29) is 5.97 Å². The van der Waals surface area contributed by atoms with Crippen LogP contribution in [0, 0.1) is 0 Å². The van der Waals surface area contributed by atoms with Crippen molar-refractivity contribution >= 4 is 5.97 Å². The number of ether oxygens (including phenoxy) is 2. The number of carbonyl (C=O) groups is 1. The lowest BCUT2D eigenvalue weighted by Crippen LogP contribution is -2.59. The van der Waals surface area contributed by atoms with Crippen LogP contribution in [0.15, 0.2) is 30.3 Å². The van der Waals surface area contributed by atoms with E-state index in [4.69, 9.17) is 9.47 Å². The maximum Gasteiger partial charge on any atom is 0.328 e. The molecule has 1 atom stereocenters. The predicted octanol–water partition coefficient (Wildman–Crippen LogP) is 1.45. The van der Waals surface area contributed by atoms with Crippen molar-refractivity contribution in [1.82, 2.24) is 4.90 Å². The van der Waals surface area contributed by atoms with Crippen molar-refractivity contribution < 1.29 is 14.3 Å². The third-order valence-corrected chi connectivity index (χ3v) is 3.43. The van der Waals surface area contributed by atoms with Crippen LogP contribution in [0.1, 0.15) is 12.5 Å². The van der Waals surface area contributed by atoms with Crippen LogP contribution in [-0.2, 0) is 20.8 Å². The van der Waals surface area contributed by atoms with Crippen molar-refractivity contribution in [1.29, 1.82) is 0 Å². The number of hydrogen-bond donors (Lipinski definition) is 0. The first kappa shape index (κ1) is 13.1. The van der Waals surface area contributed by atoms with E-state index >= 15 is 0 Å². The van der Waals surface area contributed by atoms with Crippen LogP contribution < -0.4 is 0 Å². The Morgan fingerprint density at radius 1 is 1.44 bits per heavy atom. The molecule has 1 aliphatic heterocycles. The fraction of sp³-hybridized carbons (Fsp3) is 0.500. The Labute approximate surface area is 107 Å². The van der Waals surface area contributed by atoms with Gasteiger partial charge in [-0.3, -0.25) is 4.90 Å². The lowest BCUT2D eigenvalue weighted by molar-refractivity contribution is -0.166. The van der Waals surface area contributed by atoms with Crippen molar-refractivity contribution in [3.63, 3.8) is 0 Å². The Balaban J connectivity index is 2.16. The van der Waals surface area contributed by atoms with Gasteiger partial charge in [-0.1, -0.05) is 30.3 Å². The van der Waals surface area contributed by atoms with Crippen molar-refractivity contribution in [2.24, 2.45) is 0 Å². The summed E-state index contributed by atoms with van der Waals surface area (Å²) in [5.74, 6) is -0.238. The van der Waals surface area contributed by atoms with Gasteiger partial charge >= 0.3 is 5.97 Å². The highest BCUT2D eigenvalue weighted by Gasteiger charge is 2.43. The van der Waals surface area contributed by atoms with E-state index in [0.29, 0.717) is 13.2 Å². The molecule has 0 bridgehead atoms. The Morgan fingerprint density at radius 3 is 2.83 bits per heavy atom. The minimum atomic E-state index is -0.692. The monoisotopic (exact) mass is 249 g/mol. The standard InChI is InChI=1S/C14H19NO3/c1-14(13(16)17-2)11-18-9-8-15(14)10-12-6-4-3-5-7-12/h3-7H,8-11H2,1-2H3. The molecule has 1 fully saturated rings. The number of morpholine rings is 1. The Morgan fingerprint density at radius 2 is 2.17 bits per heavy atom. The van der Waals surface area contributed by atoms with Crippen LogP contribution in [0.5, 0.6) is 0 Å². The molecule has 0 radical (unpaired) electrons. The normalized spacial score (nSPS) is 24.8. The van der Waals surface area contributed by atoms with Gasteiger partial charge in [0.1, 0.15) is 5.54 Å². The van der Waals surface area contributed by atoms with E-state index in [1.165, 1.54) is 12.7 Å². The van der Waals surface area contributed by atoms with Gasteiger partial charge < -0.3 is 9.47 Å². The van der Waals surface area contributed by atoms with E-state index < -0.39 is 5.54 Å². The molecule has 0 spiro atoms. The lowest BCUT2D eigenvalue weighted by Gasteiger charge is -2.42. The Bertz CT molecular complexity index is 407. The number of benzene rings is 1. The lowest BCUT2D eigenvalue weighted by atomic mass is 9.98. The highest BCUT2D eigenvalue weighted by molar-refractivity contribution is 5.80. The molecule has 0 saturated carbocycles. The maximum atomic E-state index is 11.9. The molecule has 1 aliphatic rings. The molecule has 1 saturated heterocycles. The van der Waals surface area contributed by atoms with Gasteiger partial charge in [-0.2, -0.15) is 0 Å². The SMILES string of the molecule is COC(=O)C1(C)COCCN1Cc1ccccc1. The summed E-state index contributed by atoms with van der Waals surface area (Å²) in [6, 6.07) is 10.1. The molecule has 1 heterocycles. The summed E-state index contributed by atoms with van der Waals surface area (Å²) < 4.78 is 10.3. The summed E-state index contributed by atoms with van der Waals surface area (Å²) in [7, 11) is 1.42. The largest absolute Gasteiger partial charge is 0.468 e. The molecule has 0 amide bonds. The number of rotatable bonds is 3. The molecule has 2 rings (SSSR count). The summed E-state index contributed by atoms with van der Waals surface area (Å²) in [4.78, 5) is 14.1. The average Bonchev–Trinajstić information content (AvgIpc) is 2.42. The van der Waals surface area contributed by atoms with Crippen LogP contribution in [-0.4, -0.2) is 43.3 Å². The molecule has 18 heavy (non-hydrogen) atoms. The van der Waals surface area contributed by atoms with Gasteiger partial charge in [0.05, 0.1) is 20.3 Å². The molecule has 4 heteroatoms. The first-order valence-electron chi connectivity index (χ1n) is 6.12. The highest BCUT2D eigenvalue weighted by atomic mass is 16.5. The van der Waals surface area contributed by atoms with Gasteiger partial charge in [0.2, 0.25) is 0 Å². The van der Waals surface area contributed by atoms with E-state index in [0.717, 1.165) is 13.1 Å². The zero-order chi connectivity index (χ0) is 13.0. The number of carbonyl (C=O) groups excluding carboxylic acids is 1. The Hall–Kier alpha value is -1.39. The quantitative estimate of drug-likeness (QED) is 0.760. The minimum Gasteiger partial charge on any atom is -0.468 e. The summed E-state index contributed by atoms with van der Waals surface area (Å²) in [5, 5.41) is 0. The molecule has 4 nitrogen and oxygen atoms in total. The average molecular weight is 249 g/mol. The van der Waals surface area contributed by atoms with Crippen LogP contribution in [0.4, 0.5) is 0 Å². The Kier molecular flexibility index (Phi) is 3.99. The first-order chi connectivity index (χ1) is 8.66. The number of methoxy groups -OCH3 is 1. The molecular weight excluding hydrogens is 230 g/mol. The fourth-order valence-electron chi connectivity index (χ4n) is 2.25. The second kappa shape index (κ2) is 5.50. The second-order valence-electron chi connectivity index (χ2n) is 4.73. The second-order valence-corrected chi connectivity index (χ2v) is 4.73. The highest BCUT2D eigenvalue weighted by Crippen LogP contribution is 2.23. The van der Waals surface area contributed by atoms with E-state index in [9.17, 15) is 4.79 Å². The third kappa shape index (κ3) is 2.54. The summed E-state index contributed by atoms with van der Waals surface area (Å²) >= 11 is 0. The molecule has 0 aliphatic carbocycles. The molecule has 0 N–H and O–H groups in total. The zero-order valence-corrected chi connectivity index (χ0v) is 10.9. The van der Waals surface area contributed by atoms with Crippen molar-refractivity contribution in [3.8, 4) is 0 Å². The van der Waals surface area contributed by atoms with Crippen molar-refractivity contribution in [2.75, 3.05) is 26.9 Å². The van der Waals surface area contributed by atoms with Crippen LogP contribution in [0.3, 0.4) is 0 Å². The van der Waals surface area contributed by atoms with Gasteiger partial charge in [0, 0.05) is 13.1 Å². The summed E-state index contributed by atoms with van der Waals surface area (Å²) in [5.41, 5.74) is 0.498. The number of hydrogen-bond acceptors (Lipinski definition) is 4. The number of esters is 1. The van der Waals surface area contributed by atoms with Crippen LogP contribution >= 0.6 is 0 Å². The molecule has 98 valence electrons. The molecule has 0 aromatic heterocycles. The van der Waals surface area contributed by atoms with Crippen molar-refractivity contribution in [3.05, 3.63) is 35.9 Å².